The lowest BCUT2D eigenvalue weighted by atomic mass is 10.3. The summed E-state index contributed by atoms with van der Waals surface area (Å²) in [6.45, 7) is 0. The zero-order chi connectivity index (χ0) is 9.26. The van der Waals surface area contributed by atoms with Gasteiger partial charge in [-0.3, -0.25) is 9.67 Å². The highest BCUT2D eigenvalue weighted by Gasteiger charge is 2.00. The number of rotatable bonds is 1. The zero-order valence-electron chi connectivity index (χ0n) is 7.18. The average molecular weight is 175 g/mol. The second-order valence-electron chi connectivity index (χ2n) is 2.73. The first kappa shape index (κ1) is 7.72. The van der Waals surface area contributed by atoms with E-state index < -0.39 is 0 Å². The molecule has 5 nitrogen and oxygen atoms in total. The molecule has 0 radical (unpaired) electrons. The first-order chi connectivity index (χ1) is 6.25. The summed E-state index contributed by atoms with van der Waals surface area (Å²) in [5, 5.41) is 4.03. The molecule has 2 aromatic rings. The predicted molar refractivity (Wildman–Crippen MR) is 48.6 cm³/mol. The summed E-state index contributed by atoms with van der Waals surface area (Å²) in [6.07, 6.45) is 6.77. The van der Waals surface area contributed by atoms with E-state index in [0.29, 0.717) is 5.82 Å². The normalized spacial score (nSPS) is 10.2. The summed E-state index contributed by atoms with van der Waals surface area (Å²) in [5.41, 5.74) is 7.14. The molecule has 66 valence electrons. The summed E-state index contributed by atoms with van der Waals surface area (Å²) in [4.78, 5) is 8.06. The van der Waals surface area contributed by atoms with Gasteiger partial charge < -0.3 is 5.73 Å². The molecule has 0 aliphatic rings. The Bertz CT molecular complexity index is 403. The lowest BCUT2D eigenvalue weighted by Gasteiger charge is -1.94. The highest BCUT2D eigenvalue weighted by atomic mass is 15.2. The molecule has 0 aliphatic heterocycles. The summed E-state index contributed by atoms with van der Waals surface area (Å²) < 4.78 is 1.72. The van der Waals surface area contributed by atoms with Gasteiger partial charge in [-0.25, -0.2) is 4.98 Å². The van der Waals surface area contributed by atoms with Crippen LogP contribution in [-0.2, 0) is 7.05 Å². The molecule has 13 heavy (non-hydrogen) atoms. The van der Waals surface area contributed by atoms with E-state index in [2.05, 4.69) is 15.1 Å². The third-order valence-electron chi connectivity index (χ3n) is 1.67. The van der Waals surface area contributed by atoms with Crippen molar-refractivity contribution in [3.8, 4) is 11.3 Å². The number of aryl methyl sites for hydroxylation is 1. The summed E-state index contributed by atoms with van der Waals surface area (Å²) >= 11 is 0. The lowest BCUT2D eigenvalue weighted by Crippen LogP contribution is -1.91. The van der Waals surface area contributed by atoms with Gasteiger partial charge in [0.05, 0.1) is 24.3 Å². The van der Waals surface area contributed by atoms with Crippen molar-refractivity contribution in [3.05, 3.63) is 24.8 Å². The van der Waals surface area contributed by atoms with Crippen LogP contribution in [0.25, 0.3) is 11.3 Å². The molecule has 0 saturated heterocycles. The maximum Gasteiger partial charge on any atom is 0.141 e. The van der Waals surface area contributed by atoms with Gasteiger partial charge in [0.2, 0.25) is 0 Å². The monoisotopic (exact) mass is 175 g/mol. The smallest absolute Gasteiger partial charge is 0.141 e. The standard InChI is InChI=1S/C8H9N5/c1-13-5-6(2-12-13)7-3-11-8(9)4-10-7/h2-5H,1H3,(H2,9,11). The van der Waals surface area contributed by atoms with Gasteiger partial charge >= 0.3 is 0 Å². The molecule has 2 aromatic heterocycles. The van der Waals surface area contributed by atoms with E-state index in [-0.39, 0.29) is 0 Å². The van der Waals surface area contributed by atoms with Crippen molar-refractivity contribution in [2.75, 3.05) is 5.73 Å². The molecule has 5 heteroatoms. The molecule has 2 rings (SSSR count). The number of hydrogen-bond acceptors (Lipinski definition) is 4. The number of nitrogens with zero attached hydrogens (tertiary/aromatic N) is 4. The maximum absolute atomic E-state index is 5.42. The molecule has 0 spiro atoms. The van der Waals surface area contributed by atoms with Crippen LogP contribution in [0.3, 0.4) is 0 Å². The van der Waals surface area contributed by atoms with E-state index in [4.69, 9.17) is 5.73 Å². The fraction of sp³-hybridized carbons (Fsp3) is 0.125. The van der Waals surface area contributed by atoms with E-state index in [9.17, 15) is 0 Å². The van der Waals surface area contributed by atoms with Crippen molar-refractivity contribution in [1.82, 2.24) is 19.7 Å². The number of nitrogens with two attached hydrogens (primary N) is 1. The molecule has 2 heterocycles. The number of anilines is 1. The third kappa shape index (κ3) is 1.48. The molecule has 0 aromatic carbocycles. The predicted octanol–water partition coefficient (Wildman–Crippen LogP) is 0.459. The lowest BCUT2D eigenvalue weighted by molar-refractivity contribution is 0.768. The number of nitrogen functional groups attached to an aromatic ring is 1. The topological polar surface area (TPSA) is 69.6 Å². The van der Waals surface area contributed by atoms with Crippen molar-refractivity contribution in [2.45, 2.75) is 0 Å². The van der Waals surface area contributed by atoms with E-state index >= 15 is 0 Å². The molecule has 0 bridgehead atoms. The molecule has 0 aliphatic carbocycles. The fourth-order valence-corrected chi connectivity index (χ4v) is 1.04. The Balaban J connectivity index is 2.41. The molecular formula is C8H9N5. The van der Waals surface area contributed by atoms with Gasteiger partial charge in [0.15, 0.2) is 0 Å². The maximum atomic E-state index is 5.42. The number of hydrogen-bond donors (Lipinski definition) is 1. The van der Waals surface area contributed by atoms with Crippen molar-refractivity contribution < 1.29 is 0 Å². The molecule has 0 fully saturated rings. The molecule has 2 N–H and O–H groups in total. The van der Waals surface area contributed by atoms with Crippen LogP contribution in [0.1, 0.15) is 0 Å². The Kier molecular flexibility index (Phi) is 1.70. The second kappa shape index (κ2) is 2.85. The van der Waals surface area contributed by atoms with Crippen LogP contribution in [0.2, 0.25) is 0 Å². The average Bonchev–Trinajstić information content (AvgIpc) is 2.53. The first-order valence-corrected chi connectivity index (χ1v) is 3.82. The Labute approximate surface area is 75.2 Å². The van der Waals surface area contributed by atoms with Gasteiger partial charge in [0.1, 0.15) is 5.82 Å². The largest absolute Gasteiger partial charge is 0.382 e. The van der Waals surface area contributed by atoms with Gasteiger partial charge in [0.25, 0.3) is 0 Å². The Morgan fingerprint density at radius 1 is 1.23 bits per heavy atom. The molecule has 0 unspecified atom stereocenters. The minimum atomic E-state index is 0.424. The third-order valence-corrected chi connectivity index (χ3v) is 1.67. The van der Waals surface area contributed by atoms with E-state index in [1.807, 2.05) is 13.2 Å². The van der Waals surface area contributed by atoms with E-state index in [1.165, 1.54) is 6.20 Å². The van der Waals surface area contributed by atoms with Gasteiger partial charge in [-0.05, 0) is 0 Å². The number of aromatic nitrogens is 4. The Morgan fingerprint density at radius 2 is 2.08 bits per heavy atom. The van der Waals surface area contributed by atoms with E-state index in [0.717, 1.165) is 11.3 Å². The molecular weight excluding hydrogens is 166 g/mol. The summed E-state index contributed by atoms with van der Waals surface area (Å²) in [5.74, 6) is 0.424. The van der Waals surface area contributed by atoms with Gasteiger partial charge in [-0.1, -0.05) is 0 Å². The van der Waals surface area contributed by atoms with Crippen molar-refractivity contribution in [1.29, 1.82) is 0 Å². The van der Waals surface area contributed by atoms with Crippen LogP contribution in [0.15, 0.2) is 24.8 Å². The minimum Gasteiger partial charge on any atom is -0.382 e. The van der Waals surface area contributed by atoms with Crippen LogP contribution in [0, 0.1) is 0 Å². The zero-order valence-corrected chi connectivity index (χ0v) is 7.18. The summed E-state index contributed by atoms with van der Waals surface area (Å²) in [6, 6.07) is 0. The molecule has 0 atom stereocenters. The minimum absolute atomic E-state index is 0.424. The van der Waals surface area contributed by atoms with Crippen LogP contribution < -0.4 is 5.73 Å². The van der Waals surface area contributed by atoms with Crippen molar-refractivity contribution >= 4 is 5.82 Å². The van der Waals surface area contributed by atoms with Crippen LogP contribution in [0.5, 0.6) is 0 Å². The molecule has 0 amide bonds. The SMILES string of the molecule is Cn1cc(-c2cnc(N)cn2)cn1. The van der Waals surface area contributed by atoms with Crippen molar-refractivity contribution in [2.24, 2.45) is 7.05 Å². The van der Waals surface area contributed by atoms with Gasteiger partial charge in [-0.2, -0.15) is 5.10 Å². The first-order valence-electron chi connectivity index (χ1n) is 3.82. The fourth-order valence-electron chi connectivity index (χ4n) is 1.04. The molecule has 0 saturated carbocycles. The Morgan fingerprint density at radius 3 is 2.62 bits per heavy atom. The summed E-state index contributed by atoms with van der Waals surface area (Å²) in [7, 11) is 1.86. The Hall–Kier alpha value is -1.91. The highest BCUT2D eigenvalue weighted by molar-refractivity contribution is 5.56. The second-order valence-corrected chi connectivity index (χ2v) is 2.73. The highest BCUT2D eigenvalue weighted by Crippen LogP contribution is 2.13. The van der Waals surface area contributed by atoms with Crippen LogP contribution in [0.4, 0.5) is 5.82 Å². The van der Waals surface area contributed by atoms with Crippen LogP contribution >= 0.6 is 0 Å². The van der Waals surface area contributed by atoms with E-state index in [1.54, 1.807) is 17.1 Å². The quantitative estimate of drug-likeness (QED) is 0.683. The van der Waals surface area contributed by atoms with Gasteiger partial charge in [-0.15, -0.1) is 0 Å². The van der Waals surface area contributed by atoms with Crippen molar-refractivity contribution in [3.63, 3.8) is 0 Å². The van der Waals surface area contributed by atoms with Crippen LogP contribution in [-0.4, -0.2) is 19.7 Å². The van der Waals surface area contributed by atoms with Gasteiger partial charge in [0, 0.05) is 18.8 Å².